The summed E-state index contributed by atoms with van der Waals surface area (Å²) in [6.45, 7) is 10.1. The second kappa shape index (κ2) is 24.5. The van der Waals surface area contributed by atoms with E-state index < -0.39 is 0 Å². The van der Waals surface area contributed by atoms with E-state index in [2.05, 4.69) is 50.6 Å². The molecule has 1 atom stereocenters. The molecule has 0 saturated heterocycles. The van der Waals surface area contributed by atoms with Gasteiger partial charge in [-0.15, -0.1) is 22.7 Å². The number of fused-ring (bicyclic) bond motifs is 2. The lowest BCUT2D eigenvalue weighted by molar-refractivity contribution is 0.351. The molecule has 0 spiro atoms. The summed E-state index contributed by atoms with van der Waals surface area (Å²) >= 11 is 5.02. The van der Waals surface area contributed by atoms with E-state index in [1.807, 2.05) is 27.5 Å². The molecule has 1 aliphatic rings. The number of nitrogens with zero attached hydrogens (tertiary/aromatic N) is 5. The quantitative estimate of drug-likeness (QED) is 0.0435. The Morgan fingerprint density at radius 1 is 0.519 bits per heavy atom. The number of hydrogen-bond acceptors (Lipinski definition) is 6. The zero-order chi connectivity index (χ0) is 37.8. The lowest BCUT2D eigenvalue weighted by Crippen LogP contribution is -2.12. The Hall–Kier alpha value is -2.16. The topological polar surface area (TPSA) is 55.4 Å². The zero-order valence-electron chi connectivity index (χ0n) is 34.4. The van der Waals surface area contributed by atoms with E-state index in [0.29, 0.717) is 5.92 Å². The van der Waals surface area contributed by atoms with Crippen molar-refractivity contribution < 1.29 is 0 Å². The number of aryl methyl sites for hydroxylation is 2. The SMILES string of the molecule is CCCCCCCCCCCCc1csc(-c2c3c(c(-c4cc(CCCCCCCCCCCC)cs4)c4nn(CC(CC)CCCC)nc24)N=S=N3)c1. The molecule has 0 aliphatic carbocycles. The van der Waals surface area contributed by atoms with Gasteiger partial charge in [0.1, 0.15) is 22.4 Å². The Morgan fingerprint density at radius 2 is 0.926 bits per heavy atom. The van der Waals surface area contributed by atoms with Gasteiger partial charge in [-0.1, -0.05) is 163 Å². The van der Waals surface area contributed by atoms with E-state index in [1.165, 1.54) is 180 Å². The summed E-state index contributed by atoms with van der Waals surface area (Å²) in [7, 11) is 0. The van der Waals surface area contributed by atoms with Gasteiger partial charge in [0.25, 0.3) is 0 Å². The highest BCUT2D eigenvalue weighted by molar-refractivity contribution is 7.58. The summed E-state index contributed by atoms with van der Waals surface area (Å²) in [5.41, 5.74) is 9.11. The van der Waals surface area contributed by atoms with Crippen LogP contribution in [0.4, 0.5) is 11.4 Å². The molecule has 3 aromatic heterocycles. The molecule has 1 aromatic carbocycles. The molecule has 1 aliphatic heterocycles. The lowest BCUT2D eigenvalue weighted by Gasteiger charge is -2.12. The molecular weight excluding hydrogens is 719 g/mol. The van der Waals surface area contributed by atoms with Gasteiger partial charge < -0.3 is 0 Å². The van der Waals surface area contributed by atoms with Gasteiger partial charge in [0, 0.05) is 9.75 Å². The summed E-state index contributed by atoms with van der Waals surface area (Å²) in [5, 5.41) is 15.3. The molecule has 0 N–H and O–H groups in total. The molecular formula is C46H71N5S3. The standard InChI is InChI=1S/C46H71N5S3/c1-5-9-12-14-16-18-20-22-24-26-29-37-31-39(52-34-37)41-43-44(48-51(47-43)33-36(8-4)28-11-7-3)42(46-45(41)49-54-50-46)40-32-38(35-53-40)30-27-25-23-21-19-17-15-13-10-6-2/h31-32,34-36H,5-30,33H2,1-4H3. The summed E-state index contributed by atoms with van der Waals surface area (Å²) in [5.74, 6) is 0.583. The maximum atomic E-state index is 5.30. The van der Waals surface area contributed by atoms with Crippen LogP contribution in [0.5, 0.6) is 0 Å². The third-order valence-electron chi connectivity index (χ3n) is 11.5. The van der Waals surface area contributed by atoms with Gasteiger partial charge in [-0.2, -0.15) is 23.7 Å². The van der Waals surface area contributed by atoms with Crippen LogP contribution in [0.15, 0.2) is 31.6 Å². The first-order chi connectivity index (χ1) is 26.7. The Labute approximate surface area is 340 Å². The molecule has 0 fully saturated rings. The van der Waals surface area contributed by atoms with Gasteiger partial charge >= 0.3 is 0 Å². The zero-order valence-corrected chi connectivity index (χ0v) is 36.9. The fraction of sp³-hybridized carbons (Fsp3) is 0.696. The number of hydrogen-bond donors (Lipinski definition) is 0. The molecule has 0 radical (unpaired) electrons. The fourth-order valence-electron chi connectivity index (χ4n) is 8.03. The first-order valence-electron chi connectivity index (χ1n) is 22.3. The van der Waals surface area contributed by atoms with Gasteiger partial charge in [-0.25, -0.2) is 0 Å². The van der Waals surface area contributed by atoms with Crippen molar-refractivity contribution in [3.8, 4) is 20.9 Å². The number of aromatic nitrogens is 3. The summed E-state index contributed by atoms with van der Waals surface area (Å²) in [6.07, 6.45) is 34.6. The van der Waals surface area contributed by atoms with Crippen LogP contribution in [-0.2, 0) is 30.7 Å². The second-order valence-corrected chi connectivity index (χ2v) is 18.4. The van der Waals surface area contributed by atoms with Crippen LogP contribution in [0.1, 0.15) is 193 Å². The third-order valence-corrected chi connectivity index (χ3v) is 14.0. The van der Waals surface area contributed by atoms with Crippen molar-refractivity contribution in [2.24, 2.45) is 14.6 Å². The molecule has 54 heavy (non-hydrogen) atoms. The second-order valence-electron chi connectivity index (χ2n) is 16.1. The lowest BCUT2D eigenvalue weighted by atomic mass is 9.99. The number of unbranched alkanes of at least 4 members (excludes halogenated alkanes) is 19. The first-order valence-corrected chi connectivity index (χ1v) is 24.8. The Balaban J connectivity index is 1.29. The van der Waals surface area contributed by atoms with E-state index in [9.17, 15) is 0 Å². The molecule has 0 amide bonds. The Morgan fingerprint density at radius 3 is 1.33 bits per heavy atom. The normalized spacial score (nSPS) is 13.0. The van der Waals surface area contributed by atoms with Crippen LogP contribution >= 0.6 is 22.7 Å². The minimum Gasteiger partial charge on any atom is -0.183 e. The maximum Gasteiger partial charge on any atom is 0.124 e. The average Bonchev–Trinajstić information content (AvgIpc) is 4.02. The Kier molecular flexibility index (Phi) is 19.5. The van der Waals surface area contributed by atoms with Crippen LogP contribution in [0.2, 0.25) is 0 Å². The van der Waals surface area contributed by atoms with Crippen molar-refractivity contribution in [2.45, 2.75) is 201 Å². The van der Waals surface area contributed by atoms with Crippen molar-refractivity contribution in [3.05, 3.63) is 34.0 Å². The van der Waals surface area contributed by atoms with Gasteiger partial charge in [0.05, 0.1) is 29.0 Å². The Bertz CT molecular complexity index is 1610. The smallest absolute Gasteiger partial charge is 0.124 e. The molecule has 5 nitrogen and oxygen atoms in total. The molecule has 298 valence electrons. The number of thiophene rings is 2. The predicted molar refractivity (Wildman–Crippen MR) is 240 cm³/mol. The van der Waals surface area contributed by atoms with E-state index in [4.69, 9.17) is 18.9 Å². The van der Waals surface area contributed by atoms with Gasteiger partial charge in [-0.05, 0) is 72.0 Å². The van der Waals surface area contributed by atoms with Crippen LogP contribution in [0.3, 0.4) is 0 Å². The molecule has 0 bridgehead atoms. The minimum atomic E-state index is 0.583. The third kappa shape index (κ3) is 12.9. The largest absolute Gasteiger partial charge is 0.183 e. The molecule has 4 aromatic rings. The van der Waals surface area contributed by atoms with Gasteiger partial charge in [0.15, 0.2) is 0 Å². The van der Waals surface area contributed by atoms with E-state index in [1.54, 1.807) is 0 Å². The predicted octanol–water partition coefficient (Wildman–Crippen LogP) is 16.8. The highest BCUT2D eigenvalue weighted by atomic mass is 32.1. The van der Waals surface area contributed by atoms with Gasteiger partial charge in [0.2, 0.25) is 0 Å². The van der Waals surface area contributed by atoms with Crippen molar-refractivity contribution >= 4 is 56.4 Å². The van der Waals surface area contributed by atoms with Crippen LogP contribution in [-0.4, -0.2) is 15.0 Å². The highest BCUT2D eigenvalue weighted by Crippen LogP contribution is 2.53. The van der Waals surface area contributed by atoms with E-state index >= 15 is 0 Å². The van der Waals surface area contributed by atoms with Crippen LogP contribution in [0.25, 0.3) is 31.9 Å². The van der Waals surface area contributed by atoms with Crippen molar-refractivity contribution in [2.75, 3.05) is 0 Å². The van der Waals surface area contributed by atoms with Crippen molar-refractivity contribution in [1.82, 2.24) is 15.0 Å². The molecule has 5 rings (SSSR count). The van der Waals surface area contributed by atoms with Crippen LogP contribution in [0, 0.1) is 5.92 Å². The summed E-state index contributed by atoms with van der Waals surface area (Å²) in [4.78, 5) is 4.52. The molecule has 1 unspecified atom stereocenters. The average molecular weight is 790 g/mol. The van der Waals surface area contributed by atoms with Crippen molar-refractivity contribution in [3.63, 3.8) is 0 Å². The van der Waals surface area contributed by atoms with Crippen molar-refractivity contribution in [1.29, 1.82) is 0 Å². The van der Waals surface area contributed by atoms with Gasteiger partial charge in [-0.3, -0.25) is 0 Å². The monoisotopic (exact) mass is 789 g/mol. The first kappa shape index (κ1) is 43.0. The molecule has 0 saturated carbocycles. The fourth-order valence-corrected chi connectivity index (χ4v) is 10.6. The number of rotatable bonds is 30. The summed E-state index contributed by atoms with van der Waals surface area (Å²) < 4.78 is 9.94. The summed E-state index contributed by atoms with van der Waals surface area (Å²) in [6, 6.07) is 4.83. The van der Waals surface area contributed by atoms with E-state index in [0.717, 1.165) is 59.3 Å². The maximum absolute atomic E-state index is 5.30. The molecule has 4 heterocycles. The minimum absolute atomic E-state index is 0.583. The highest BCUT2D eigenvalue weighted by Gasteiger charge is 2.28. The van der Waals surface area contributed by atoms with E-state index in [-0.39, 0.29) is 0 Å². The van der Waals surface area contributed by atoms with Crippen LogP contribution < -0.4 is 0 Å². The number of benzene rings is 1. The molecule has 8 heteroatoms.